The summed E-state index contributed by atoms with van der Waals surface area (Å²) in [5, 5.41) is 20.8. The van der Waals surface area contributed by atoms with Crippen molar-refractivity contribution in [1.29, 1.82) is 0 Å². The lowest BCUT2D eigenvalue weighted by molar-refractivity contribution is -0.0682. The predicted molar refractivity (Wildman–Crippen MR) is 96.5 cm³/mol. The van der Waals surface area contributed by atoms with Crippen molar-refractivity contribution in [2.75, 3.05) is 12.3 Å². The Morgan fingerprint density at radius 2 is 2.07 bits per heavy atom. The van der Waals surface area contributed by atoms with E-state index in [9.17, 15) is 10.2 Å². The Balaban J connectivity index is 1.45. The molecule has 1 aliphatic heterocycles. The Morgan fingerprint density at radius 1 is 1.22 bits per heavy atom. The molecule has 1 fully saturated rings. The van der Waals surface area contributed by atoms with Crippen molar-refractivity contribution >= 4 is 17.0 Å². The summed E-state index contributed by atoms with van der Waals surface area (Å²) in [6.45, 7) is 2.55. The number of benzene rings is 1. The number of aromatic nitrogens is 4. The molecule has 1 aromatic carbocycles. The van der Waals surface area contributed by atoms with Gasteiger partial charge in [-0.2, -0.15) is 0 Å². The van der Waals surface area contributed by atoms with Crippen LogP contribution >= 0.6 is 0 Å². The number of aryl methyl sites for hydroxylation is 1. The Kier molecular flexibility index (Phi) is 4.75. The fourth-order valence-electron chi connectivity index (χ4n) is 3.25. The lowest BCUT2D eigenvalue weighted by atomic mass is 10.1. The van der Waals surface area contributed by atoms with Gasteiger partial charge < -0.3 is 25.4 Å². The summed E-state index contributed by atoms with van der Waals surface area (Å²) in [5.74, 6) is 0.241. The number of aliphatic hydroxyl groups is 2. The lowest BCUT2D eigenvalue weighted by Gasteiger charge is -2.16. The van der Waals surface area contributed by atoms with Crippen molar-refractivity contribution in [3.05, 3.63) is 48.0 Å². The molecule has 4 atom stereocenters. The second-order valence-electron chi connectivity index (χ2n) is 6.63. The Bertz CT molecular complexity index is 946. The molecule has 9 heteroatoms. The van der Waals surface area contributed by atoms with Crippen molar-refractivity contribution < 1.29 is 19.7 Å². The zero-order valence-corrected chi connectivity index (χ0v) is 14.8. The van der Waals surface area contributed by atoms with Crippen LogP contribution in [0.1, 0.15) is 17.4 Å². The van der Waals surface area contributed by atoms with Gasteiger partial charge in [0, 0.05) is 0 Å². The predicted octanol–water partition coefficient (Wildman–Crippen LogP) is 0.553. The second kappa shape index (κ2) is 7.20. The number of rotatable bonds is 5. The van der Waals surface area contributed by atoms with Crippen molar-refractivity contribution in [1.82, 2.24) is 19.5 Å². The van der Waals surface area contributed by atoms with Crippen LogP contribution in [0.4, 0.5) is 5.82 Å². The van der Waals surface area contributed by atoms with Gasteiger partial charge in [-0.3, -0.25) is 4.57 Å². The summed E-state index contributed by atoms with van der Waals surface area (Å²) in [6.07, 6.45) is -0.976. The number of hydrogen-bond donors (Lipinski definition) is 3. The third-order valence-electron chi connectivity index (χ3n) is 4.63. The van der Waals surface area contributed by atoms with Gasteiger partial charge in [0.25, 0.3) is 0 Å². The molecule has 0 amide bonds. The van der Waals surface area contributed by atoms with Crippen molar-refractivity contribution in [3.8, 4) is 0 Å². The summed E-state index contributed by atoms with van der Waals surface area (Å²) in [6, 6.07) is 7.98. The molecule has 0 saturated carbocycles. The van der Waals surface area contributed by atoms with Gasteiger partial charge in [0.2, 0.25) is 0 Å². The third-order valence-corrected chi connectivity index (χ3v) is 4.63. The van der Waals surface area contributed by atoms with Crippen LogP contribution < -0.4 is 5.73 Å². The van der Waals surface area contributed by atoms with E-state index in [1.54, 1.807) is 4.57 Å². The fourth-order valence-corrected chi connectivity index (χ4v) is 3.25. The van der Waals surface area contributed by atoms with Crippen molar-refractivity contribution in [2.45, 2.75) is 38.1 Å². The first kappa shape index (κ1) is 17.8. The molecular formula is C18H21N5O4. The molecule has 3 heterocycles. The maximum Gasteiger partial charge on any atom is 0.167 e. The summed E-state index contributed by atoms with van der Waals surface area (Å²) >= 11 is 0. The maximum atomic E-state index is 10.4. The number of anilines is 1. The van der Waals surface area contributed by atoms with Gasteiger partial charge in [-0.1, -0.05) is 29.8 Å². The number of fused-ring (bicyclic) bond motifs is 1. The van der Waals surface area contributed by atoms with Gasteiger partial charge in [-0.25, -0.2) is 15.0 Å². The van der Waals surface area contributed by atoms with E-state index in [1.807, 2.05) is 31.2 Å². The summed E-state index contributed by atoms with van der Waals surface area (Å²) in [5.41, 5.74) is 8.82. The van der Waals surface area contributed by atoms with E-state index >= 15 is 0 Å². The standard InChI is InChI=1S/C18H21N5O4/c1-10-3-2-4-11(5-10)6-26-7-12-14(24)15(25)18(27-12)23-9-22-13-16(19)20-8-21-17(13)23/h2-5,8-9,12,14-15,18,24-25H,6-7H2,1H3,(H2,19,20,21)/t12-,14-,15-,18-/m1/s1. The van der Waals surface area contributed by atoms with Gasteiger partial charge in [0.1, 0.15) is 30.2 Å². The summed E-state index contributed by atoms with van der Waals surface area (Å²) in [7, 11) is 0. The zero-order valence-electron chi connectivity index (χ0n) is 14.8. The average molecular weight is 371 g/mol. The molecule has 0 radical (unpaired) electrons. The lowest BCUT2D eigenvalue weighted by Crippen LogP contribution is -2.33. The molecule has 3 aromatic rings. The average Bonchev–Trinajstić information content (AvgIpc) is 3.19. The highest BCUT2D eigenvalue weighted by molar-refractivity contribution is 5.81. The second-order valence-corrected chi connectivity index (χ2v) is 6.63. The molecule has 0 spiro atoms. The molecule has 4 rings (SSSR count). The minimum absolute atomic E-state index is 0.145. The van der Waals surface area contributed by atoms with Crippen LogP contribution in [0.5, 0.6) is 0 Å². The molecule has 0 unspecified atom stereocenters. The van der Waals surface area contributed by atoms with Crippen molar-refractivity contribution in [2.24, 2.45) is 0 Å². The summed E-state index contributed by atoms with van der Waals surface area (Å²) in [4.78, 5) is 12.2. The number of nitrogens with zero attached hydrogens (tertiary/aromatic N) is 4. The van der Waals surface area contributed by atoms with Crippen LogP contribution in [0.25, 0.3) is 11.2 Å². The number of aliphatic hydroxyl groups excluding tert-OH is 2. The molecule has 1 saturated heterocycles. The van der Waals surface area contributed by atoms with Crippen LogP contribution in [0.2, 0.25) is 0 Å². The van der Waals surface area contributed by atoms with Crippen LogP contribution in [0.15, 0.2) is 36.9 Å². The van der Waals surface area contributed by atoms with E-state index < -0.39 is 24.5 Å². The fraction of sp³-hybridized carbons (Fsp3) is 0.389. The van der Waals surface area contributed by atoms with Gasteiger partial charge >= 0.3 is 0 Å². The first-order valence-electron chi connectivity index (χ1n) is 8.62. The first-order valence-corrected chi connectivity index (χ1v) is 8.62. The van der Waals surface area contributed by atoms with Crippen LogP contribution in [-0.2, 0) is 16.1 Å². The maximum absolute atomic E-state index is 10.4. The quantitative estimate of drug-likeness (QED) is 0.593. The van der Waals surface area contributed by atoms with E-state index in [0.29, 0.717) is 17.8 Å². The number of hydrogen-bond acceptors (Lipinski definition) is 8. The Labute approximate surface area is 155 Å². The highest BCUT2D eigenvalue weighted by Crippen LogP contribution is 2.32. The first-order chi connectivity index (χ1) is 13.0. The minimum atomic E-state index is -1.15. The molecule has 0 bridgehead atoms. The monoisotopic (exact) mass is 371 g/mol. The molecule has 4 N–H and O–H groups in total. The normalized spacial score (nSPS) is 25.3. The summed E-state index contributed by atoms with van der Waals surface area (Å²) < 4.78 is 13.1. The third kappa shape index (κ3) is 3.37. The highest BCUT2D eigenvalue weighted by Gasteiger charge is 2.44. The molecule has 27 heavy (non-hydrogen) atoms. The van der Waals surface area contributed by atoms with E-state index in [-0.39, 0.29) is 12.4 Å². The van der Waals surface area contributed by atoms with E-state index in [1.165, 1.54) is 12.7 Å². The number of imidazole rings is 1. The van der Waals surface area contributed by atoms with E-state index in [4.69, 9.17) is 15.2 Å². The van der Waals surface area contributed by atoms with Crippen LogP contribution in [0, 0.1) is 6.92 Å². The van der Waals surface area contributed by atoms with Gasteiger partial charge in [0.05, 0.1) is 19.5 Å². The van der Waals surface area contributed by atoms with Gasteiger partial charge in [-0.05, 0) is 12.5 Å². The zero-order chi connectivity index (χ0) is 19.0. The topological polar surface area (TPSA) is 129 Å². The number of nitrogens with two attached hydrogens (primary N) is 1. The van der Waals surface area contributed by atoms with Crippen LogP contribution in [0.3, 0.4) is 0 Å². The molecule has 142 valence electrons. The van der Waals surface area contributed by atoms with E-state index in [2.05, 4.69) is 15.0 Å². The Hall–Kier alpha value is -2.59. The number of ether oxygens (including phenoxy) is 2. The number of nitrogen functional groups attached to an aromatic ring is 1. The molecule has 2 aromatic heterocycles. The molecular weight excluding hydrogens is 350 g/mol. The van der Waals surface area contributed by atoms with Crippen molar-refractivity contribution in [3.63, 3.8) is 0 Å². The van der Waals surface area contributed by atoms with E-state index in [0.717, 1.165) is 11.1 Å². The Morgan fingerprint density at radius 3 is 2.89 bits per heavy atom. The minimum Gasteiger partial charge on any atom is -0.387 e. The highest BCUT2D eigenvalue weighted by atomic mass is 16.6. The molecule has 1 aliphatic rings. The van der Waals surface area contributed by atoms with Gasteiger partial charge in [0.15, 0.2) is 17.7 Å². The largest absolute Gasteiger partial charge is 0.387 e. The van der Waals surface area contributed by atoms with Crippen LogP contribution in [-0.4, -0.2) is 54.7 Å². The SMILES string of the molecule is Cc1cccc(COC[C@H]2O[C@@H](n3cnc4c(N)ncnc43)[C@H](O)[C@@H]2O)c1. The van der Waals surface area contributed by atoms with Gasteiger partial charge in [-0.15, -0.1) is 0 Å². The molecule has 9 nitrogen and oxygen atoms in total. The molecule has 0 aliphatic carbocycles. The smallest absolute Gasteiger partial charge is 0.167 e.